The van der Waals surface area contributed by atoms with Crippen LogP contribution in [0, 0.1) is 0 Å². The van der Waals surface area contributed by atoms with Crippen molar-refractivity contribution in [3.8, 4) is 10.4 Å². The van der Waals surface area contributed by atoms with Crippen LogP contribution in [0.3, 0.4) is 0 Å². The minimum absolute atomic E-state index is 0.0678. The summed E-state index contributed by atoms with van der Waals surface area (Å²) < 4.78 is 65.6. The van der Waals surface area contributed by atoms with E-state index in [9.17, 15) is 36.3 Å². The molecule has 1 fully saturated rings. The topological polar surface area (TPSA) is 129 Å². The fraction of sp³-hybridized carbons (Fsp3) is 0.500. The number of nitrogens with zero attached hydrogens (tertiary/aromatic N) is 2. The molecule has 0 saturated carbocycles. The van der Waals surface area contributed by atoms with Crippen LogP contribution < -0.4 is 10.0 Å². The van der Waals surface area contributed by atoms with Gasteiger partial charge in [-0.05, 0) is 26.8 Å². The average molecular weight is 650 g/mol. The molecule has 0 aliphatic carbocycles. The van der Waals surface area contributed by atoms with Gasteiger partial charge in [-0.3, -0.25) is 9.59 Å². The first-order valence-electron chi connectivity index (χ1n) is 11.4. The van der Waals surface area contributed by atoms with Crippen LogP contribution in [-0.4, -0.2) is 84.2 Å². The highest BCUT2D eigenvalue weighted by molar-refractivity contribution is 7.99. The lowest BCUT2D eigenvalue weighted by molar-refractivity contribution is -0.147. The zero-order valence-corrected chi connectivity index (χ0v) is 24.8. The second-order valence-electron chi connectivity index (χ2n) is 9.22. The molecule has 1 saturated heterocycles. The van der Waals surface area contributed by atoms with Gasteiger partial charge in [0.15, 0.2) is 5.01 Å². The zero-order valence-electron chi connectivity index (χ0n) is 20.9. The average Bonchev–Trinajstić information content (AvgIpc) is 3.28. The van der Waals surface area contributed by atoms with E-state index >= 15 is 0 Å². The van der Waals surface area contributed by atoms with Crippen LogP contribution in [0.4, 0.5) is 13.2 Å². The third-order valence-electron chi connectivity index (χ3n) is 5.41. The predicted molar refractivity (Wildman–Crippen MR) is 145 cm³/mol. The zero-order chi connectivity index (χ0) is 29.3. The van der Waals surface area contributed by atoms with E-state index in [-0.39, 0.29) is 32.7 Å². The van der Waals surface area contributed by atoms with Crippen molar-refractivity contribution in [2.75, 3.05) is 31.1 Å². The number of benzene rings is 1. The maximum absolute atomic E-state index is 13.4. The Kier molecular flexibility index (Phi) is 9.89. The van der Waals surface area contributed by atoms with Crippen LogP contribution in [0.1, 0.15) is 41.1 Å². The number of aliphatic hydroxyl groups is 1. The number of sulfonamides is 1. The maximum Gasteiger partial charge on any atom is 0.404 e. The monoisotopic (exact) mass is 648 g/mol. The lowest BCUT2D eigenvalue weighted by atomic mass is 10.1. The van der Waals surface area contributed by atoms with E-state index in [1.54, 1.807) is 16.7 Å². The maximum atomic E-state index is 13.4. The number of thioether (sulfide) groups is 1. The largest absolute Gasteiger partial charge is 0.404 e. The van der Waals surface area contributed by atoms with Crippen LogP contribution in [0.25, 0.3) is 10.4 Å². The van der Waals surface area contributed by atoms with Crippen molar-refractivity contribution < 1.29 is 36.3 Å². The van der Waals surface area contributed by atoms with Gasteiger partial charge in [0, 0.05) is 36.7 Å². The van der Waals surface area contributed by atoms with Crippen molar-refractivity contribution in [2.24, 2.45) is 0 Å². The first kappa shape index (κ1) is 31.9. The van der Waals surface area contributed by atoms with Crippen molar-refractivity contribution in [1.29, 1.82) is 0 Å². The summed E-state index contributed by atoms with van der Waals surface area (Å²) in [6.07, 6.45) is -4.84. The lowest BCUT2D eigenvalue weighted by Crippen LogP contribution is -2.43. The van der Waals surface area contributed by atoms with Gasteiger partial charge in [-0.25, -0.2) is 13.4 Å². The van der Waals surface area contributed by atoms with Gasteiger partial charge in [0.25, 0.3) is 11.8 Å². The first-order valence-corrected chi connectivity index (χ1v) is 15.6. The molecular formula is C22H25Cl2F3N4O5S3. The number of aromatic nitrogens is 1. The minimum atomic E-state index is -4.84. The van der Waals surface area contributed by atoms with Crippen LogP contribution in [0.2, 0.25) is 10.0 Å². The summed E-state index contributed by atoms with van der Waals surface area (Å²) in [6, 6.07) is -0.236. The van der Waals surface area contributed by atoms with Crippen molar-refractivity contribution in [3.63, 3.8) is 0 Å². The first-order chi connectivity index (χ1) is 17.9. The fourth-order valence-corrected chi connectivity index (χ4v) is 7.37. The predicted octanol–water partition coefficient (Wildman–Crippen LogP) is 4.04. The molecule has 0 unspecified atom stereocenters. The molecule has 9 nitrogen and oxygen atoms in total. The molecule has 2 aromatic rings. The number of amides is 2. The Balaban J connectivity index is 2.07. The van der Waals surface area contributed by atoms with Crippen molar-refractivity contribution in [3.05, 3.63) is 32.9 Å². The van der Waals surface area contributed by atoms with E-state index in [0.717, 1.165) is 17.4 Å². The Labute approximate surface area is 241 Å². The number of hydrogen-bond acceptors (Lipinski definition) is 8. The lowest BCUT2D eigenvalue weighted by Gasteiger charge is -2.26. The van der Waals surface area contributed by atoms with E-state index < -0.39 is 49.6 Å². The van der Waals surface area contributed by atoms with Crippen molar-refractivity contribution >= 4 is 68.1 Å². The molecule has 3 rings (SSSR count). The van der Waals surface area contributed by atoms with Gasteiger partial charge in [0.2, 0.25) is 10.0 Å². The molecule has 0 bridgehead atoms. The van der Waals surface area contributed by atoms with Crippen LogP contribution in [-0.2, 0) is 10.0 Å². The van der Waals surface area contributed by atoms with Gasteiger partial charge >= 0.3 is 6.18 Å². The highest BCUT2D eigenvalue weighted by Gasteiger charge is 2.39. The normalized spacial score (nSPS) is 15.8. The number of alkyl halides is 3. The molecule has 1 aromatic heterocycles. The summed E-state index contributed by atoms with van der Waals surface area (Å²) in [7, 11) is -4.73. The number of rotatable bonds is 8. The number of nitrogens with one attached hydrogen (secondary N) is 2. The number of thiazole rings is 1. The van der Waals surface area contributed by atoms with Gasteiger partial charge in [-0.1, -0.05) is 29.3 Å². The third kappa shape index (κ3) is 7.77. The number of halogens is 5. The molecule has 216 valence electrons. The SMILES string of the molecule is C[C@H](NS(=O)(=O)c1ccc(-c2sc(C(=O)NCC(C)(C)O)nc2C(=O)N2CCSCC2)c(Cl)c1Cl)C(F)(F)F. The Morgan fingerprint density at radius 2 is 1.79 bits per heavy atom. The third-order valence-corrected chi connectivity index (χ3v) is 10.0. The van der Waals surface area contributed by atoms with E-state index in [4.69, 9.17) is 23.2 Å². The summed E-state index contributed by atoms with van der Waals surface area (Å²) in [5.41, 5.74) is -1.26. The van der Waals surface area contributed by atoms with Gasteiger partial charge in [-0.2, -0.15) is 29.7 Å². The standard InChI is InChI=1S/C22H25Cl2F3N4O5S3/c1-11(22(25,26)27)30-39(35,36)13-5-4-12(14(23)15(13)24)17-16(20(33)31-6-8-37-9-7-31)29-19(38-17)18(32)28-10-21(2,3)34/h4-5,11,30,34H,6-10H2,1-3H3,(H,28,32)/t11-/m0/s1. The van der Waals surface area contributed by atoms with Gasteiger partial charge in [0.05, 0.1) is 20.5 Å². The second-order valence-corrected chi connectivity index (χ2v) is 13.9. The second kappa shape index (κ2) is 12.1. The molecule has 0 radical (unpaired) electrons. The van der Waals surface area contributed by atoms with Gasteiger partial charge in [0.1, 0.15) is 16.6 Å². The fourth-order valence-electron chi connectivity index (χ4n) is 3.31. The Hall–Kier alpha value is -1.62. The van der Waals surface area contributed by atoms with Crippen LogP contribution >= 0.6 is 46.3 Å². The highest BCUT2D eigenvalue weighted by atomic mass is 35.5. The van der Waals surface area contributed by atoms with Crippen LogP contribution in [0.5, 0.6) is 0 Å². The molecule has 3 N–H and O–H groups in total. The summed E-state index contributed by atoms with van der Waals surface area (Å²) >= 11 is 15.1. The highest BCUT2D eigenvalue weighted by Crippen LogP contribution is 2.42. The molecule has 1 aliphatic heterocycles. The van der Waals surface area contributed by atoms with E-state index in [2.05, 4.69) is 10.3 Å². The number of carbonyl (C=O) groups is 2. The van der Waals surface area contributed by atoms with E-state index in [1.807, 2.05) is 0 Å². The summed E-state index contributed by atoms with van der Waals surface area (Å²) in [4.78, 5) is 31.4. The molecule has 39 heavy (non-hydrogen) atoms. The summed E-state index contributed by atoms with van der Waals surface area (Å²) in [6.45, 7) is 4.40. The summed E-state index contributed by atoms with van der Waals surface area (Å²) in [5.74, 6) is 0.259. The van der Waals surface area contributed by atoms with E-state index in [0.29, 0.717) is 31.5 Å². The molecule has 2 amide bonds. The number of hydrogen-bond donors (Lipinski definition) is 3. The number of carbonyl (C=O) groups excluding carboxylic acids is 2. The smallest absolute Gasteiger partial charge is 0.389 e. The quantitative estimate of drug-likeness (QED) is 0.394. The van der Waals surface area contributed by atoms with Crippen LogP contribution in [0.15, 0.2) is 17.0 Å². The molecule has 0 spiro atoms. The van der Waals surface area contributed by atoms with Gasteiger partial charge < -0.3 is 15.3 Å². The molecule has 2 heterocycles. The Morgan fingerprint density at radius 1 is 1.18 bits per heavy atom. The van der Waals surface area contributed by atoms with Crippen molar-refractivity contribution in [2.45, 2.75) is 43.5 Å². The Morgan fingerprint density at radius 3 is 2.36 bits per heavy atom. The molecule has 17 heteroatoms. The molecule has 1 aromatic carbocycles. The van der Waals surface area contributed by atoms with Gasteiger partial charge in [-0.15, -0.1) is 11.3 Å². The summed E-state index contributed by atoms with van der Waals surface area (Å²) in [5, 5.41) is 11.4. The minimum Gasteiger partial charge on any atom is -0.389 e. The van der Waals surface area contributed by atoms with E-state index in [1.165, 1.54) is 24.6 Å². The molecular weight excluding hydrogens is 624 g/mol. The van der Waals surface area contributed by atoms with Crippen molar-refractivity contribution in [1.82, 2.24) is 19.9 Å². The molecule has 1 atom stereocenters. The molecule has 1 aliphatic rings. The Bertz CT molecular complexity index is 1360.